The summed E-state index contributed by atoms with van der Waals surface area (Å²) in [5.41, 5.74) is 5.10. The van der Waals surface area contributed by atoms with Crippen LogP contribution < -0.4 is 0 Å². The lowest BCUT2D eigenvalue weighted by Gasteiger charge is -2.15. The van der Waals surface area contributed by atoms with Gasteiger partial charge in [0.1, 0.15) is 0 Å². The van der Waals surface area contributed by atoms with Gasteiger partial charge in [0, 0.05) is 8.95 Å². The van der Waals surface area contributed by atoms with Crippen LogP contribution in [-0.4, -0.2) is 0 Å². The lowest BCUT2D eigenvalue weighted by molar-refractivity contribution is 1.44. The van der Waals surface area contributed by atoms with Crippen molar-refractivity contribution in [3.05, 3.63) is 80.7 Å². The molecule has 118 valence electrons. The maximum absolute atomic E-state index is 3.76. The Morgan fingerprint density at radius 3 is 1.25 bits per heavy atom. The van der Waals surface area contributed by atoms with Gasteiger partial charge in [0.25, 0.3) is 0 Å². The SMILES string of the molecule is Cc1cc(-c2cc(C)c(Br)c3ccccc23)c2ccccc2c1Br. The van der Waals surface area contributed by atoms with E-state index in [-0.39, 0.29) is 0 Å². The van der Waals surface area contributed by atoms with Gasteiger partial charge in [-0.15, -0.1) is 0 Å². The van der Waals surface area contributed by atoms with Crippen molar-refractivity contribution in [3.63, 3.8) is 0 Å². The minimum Gasteiger partial charge on any atom is -0.0616 e. The van der Waals surface area contributed by atoms with E-state index in [1.807, 2.05) is 0 Å². The molecule has 0 radical (unpaired) electrons. The first-order chi connectivity index (χ1) is 11.6. The summed E-state index contributed by atoms with van der Waals surface area (Å²) in [4.78, 5) is 0. The van der Waals surface area contributed by atoms with Crippen molar-refractivity contribution in [2.24, 2.45) is 0 Å². The molecule has 0 saturated carbocycles. The fraction of sp³-hybridized carbons (Fsp3) is 0.0909. The van der Waals surface area contributed by atoms with Crippen molar-refractivity contribution < 1.29 is 0 Å². The number of hydrogen-bond acceptors (Lipinski definition) is 0. The number of fused-ring (bicyclic) bond motifs is 2. The van der Waals surface area contributed by atoms with Crippen LogP contribution in [0.2, 0.25) is 0 Å². The second-order valence-electron chi connectivity index (χ2n) is 6.20. The van der Waals surface area contributed by atoms with Crippen LogP contribution in [0.5, 0.6) is 0 Å². The van der Waals surface area contributed by atoms with E-state index < -0.39 is 0 Å². The van der Waals surface area contributed by atoms with E-state index in [1.54, 1.807) is 0 Å². The van der Waals surface area contributed by atoms with Gasteiger partial charge in [-0.05, 0) is 102 Å². The number of rotatable bonds is 1. The highest BCUT2D eigenvalue weighted by Gasteiger charge is 2.14. The van der Waals surface area contributed by atoms with Crippen molar-refractivity contribution >= 4 is 53.4 Å². The molecule has 0 aromatic heterocycles. The number of aryl methyl sites for hydroxylation is 2. The first kappa shape index (κ1) is 15.9. The molecule has 4 aromatic carbocycles. The van der Waals surface area contributed by atoms with E-state index in [1.165, 1.54) is 52.7 Å². The zero-order valence-corrected chi connectivity index (χ0v) is 16.7. The third-order valence-electron chi connectivity index (χ3n) is 4.61. The molecule has 0 bridgehead atoms. The van der Waals surface area contributed by atoms with Gasteiger partial charge in [-0.25, -0.2) is 0 Å². The minimum atomic E-state index is 1.18. The van der Waals surface area contributed by atoms with Crippen LogP contribution in [0.3, 0.4) is 0 Å². The molecule has 4 aromatic rings. The molecule has 0 atom stereocenters. The van der Waals surface area contributed by atoms with Gasteiger partial charge in [0.2, 0.25) is 0 Å². The maximum Gasteiger partial charge on any atom is 0.0283 e. The Morgan fingerprint density at radius 2 is 0.875 bits per heavy atom. The van der Waals surface area contributed by atoms with Crippen molar-refractivity contribution in [3.8, 4) is 11.1 Å². The Bertz CT molecular complexity index is 1000. The van der Waals surface area contributed by atoms with Crippen molar-refractivity contribution in [1.82, 2.24) is 0 Å². The fourth-order valence-corrected chi connectivity index (χ4v) is 4.32. The van der Waals surface area contributed by atoms with E-state index in [0.29, 0.717) is 0 Å². The fourth-order valence-electron chi connectivity index (χ4n) is 3.40. The molecule has 0 N–H and O–H groups in total. The monoisotopic (exact) mass is 438 g/mol. The summed E-state index contributed by atoms with van der Waals surface area (Å²) in [5.74, 6) is 0. The Labute approximate surface area is 158 Å². The first-order valence-electron chi connectivity index (χ1n) is 7.94. The number of benzene rings is 4. The summed E-state index contributed by atoms with van der Waals surface area (Å²) >= 11 is 7.51. The smallest absolute Gasteiger partial charge is 0.0283 e. The van der Waals surface area contributed by atoms with Crippen molar-refractivity contribution in [2.75, 3.05) is 0 Å². The molecule has 0 spiro atoms. The zero-order valence-electron chi connectivity index (χ0n) is 13.5. The predicted molar refractivity (Wildman–Crippen MR) is 112 cm³/mol. The molecule has 0 aliphatic carbocycles. The Kier molecular flexibility index (Phi) is 3.98. The summed E-state index contributed by atoms with van der Waals surface area (Å²) in [6.07, 6.45) is 0. The summed E-state index contributed by atoms with van der Waals surface area (Å²) in [6, 6.07) is 21.8. The van der Waals surface area contributed by atoms with Crippen molar-refractivity contribution in [1.29, 1.82) is 0 Å². The van der Waals surface area contributed by atoms with Gasteiger partial charge < -0.3 is 0 Å². The lowest BCUT2D eigenvalue weighted by Crippen LogP contribution is -1.90. The summed E-state index contributed by atoms with van der Waals surface area (Å²) in [7, 11) is 0. The molecule has 4 rings (SSSR count). The van der Waals surface area contributed by atoms with Gasteiger partial charge in [-0.3, -0.25) is 0 Å². The quantitative estimate of drug-likeness (QED) is 0.283. The standard InChI is InChI=1S/C22H16Br2/c1-13-11-19(15-7-3-5-9-17(15)21(13)23)20-12-14(2)22(24)18-10-6-4-8-16(18)20/h3-12H,1-2H3. The Morgan fingerprint density at radius 1 is 0.542 bits per heavy atom. The molecule has 0 saturated heterocycles. The zero-order chi connectivity index (χ0) is 16.8. The Hall–Kier alpha value is -1.64. The largest absolute Gasteiger partial charge is 0.0616 e. The van der Waals surface area contributed by atoms with Crippen LogP contribution in [-0.2, 0) is 0 Å². The molecule has 0 nitrogen and oxygen atoms in total. The van der Waals surface area contributed by atoms with E-state index in [9.17, 15) is 0 Å². The van der Waals surface area contributed by atoms with Gasteiger partial charge in [0.05, 0.1) is 0 Å². The normalized spacial score (nSPS) is 11.3. The second kappa shape index (κ2) is 6.02. The van der Waals surface area contributed by atoms with Gasteiger partial charge in [-0.2, -0.15) is 0 Å². The average Bonchev–Trinajstić information content (AvgIpc) is 2.61. The van der Waals surface area contributed by atoms with Gasteiger partial charge in [-0.1, -0.05) is 48.5 Å². The molecule has 0 heterocycles. The lowest BCUT2D eigenvalue weighted by atomic mass is 9.91. The summed E-state index contributed by atoms with van der Waals surface area (Å²) in [5, 5.41) is 5.08. The molecular weight excluding hydrogens is 424 g/mol. The molecule has 2 heteroatoms. The van der Waals surface area contributed by atoms with Crippen molar-refractivity contribution in [2.45, 2.75) is 13.8 Å². The van der Waals surface area contributed by atoms with Crippen LogP contribution >= 0.6 is 31.9 Å². The number of halogens is 2. The summed E-state index contributed by atoms with van der Waals surface area (Å²) < 4.78 is 2.36. The highest BCUT2D eigenvalue weighted by Crippen LogP contribution is 2.41. The molecule has 0 aliphatic rings. The number of hydrogen-bond donors (Lipinski definition) is 0. The van der Waals surface area contributed by atoms with Crippen LogP contribution in [0.25, 0.3) is 32.7 Å². The van der Waals surface area contributed by atoms with Crippen LogP contribution in [0, 0.1) is 13.8 Å². The average molecular weight is 440 g/mol. The molecule has 0 unspecified atom stereocenters. The Balaban J connectivity index is 2.19. The highest BCUT2D eigenvalue weighted by molar-refractivity contribution is 9.11. The van der Waals surface area contributed by atoms with Gasteiger partial charge >= 0.3 is 0 Å². The maximum atomic E-state index is 3.76. The second-order valence-corrected chi connectivity index (χ2v) is 7.79. The third kappa shape index (κ3) is 2.40. The first-order valence-corrected chi connectivity index (χ1v) is 9.52. The summed E-state index contributed by atoms with van der Waals surface area (Å²) in [6.45, 7) is 4.32. The van der Waals surface area contributed by atoms with E-state index >= 15 is 0 Å². The van der Waals surface area contributed by atoms with Gasteiger partial charge in [0.15, 0.2) is 0 Å². The highest BCUT2D eigenvalue weighted by atomic mass is 79.9. The molecular formula is C22H16Br2. The van der Waals surface area contributed by atoms with E-state index in [2.05, 4.69) is 106 Å². The van der Waals surface area contributed by atoms with E-state index in [4.69, 9.17) is 0 Å². The molecule has 0 aliphatic heterocycles. The topological polar surface area (TPSA) is 0 Å². The molecule has 0 amide bonds. The van der Waals surface area contributed by atoms with Crippen LogP contribution in [0.4, 0.5) is 0 Å². The van der Waals surface area contributed by atoms with Crippen LogP contribution in [0.15, 0.2) is 69.6 Å². The molecule has 0 fully saturated rings. The van der Waals surface area contributed by atoms with E-state index in [0.717, 1.165) is 0 Å². The molecule has 24 heavy (non-hydrogen) atoms. The van der Waals surface area contributed by atoms with Crippen LogP contribution in [0.1, 0.15) is 11.1 Å². The minimum absolute atomic E-state index is 1.18. The predicted octanol–water partition coefficient (Wildman–Crippen LogP) is 7.80. The third-order valence-corrected chi connectivity index (χ3v) is 6.72.